The van der Waals surface area contributed by atoms with Gasteiger partial charge in [-0.05, 0) is 55.3 Å². The minimum Gasteiger partial charge on any atom is -0.494 e. The predicted molar refractivity (Wildman–Crippen MR) is 142 cm³/mol. The van der Waals surface area contributed by atoms with E-state index in [0.29, 0.717) is 34.0 Å². The molecule has 2 aromatic carbocycles. The molecule has 1 aliphatic heterocycles. The summed E-state index contributed by atoms with van der Waals surface area (Å²) in [4.78, 5) is 33.5. The van der Waals surface area contributed by atoms with Crippen LogP contribution >= 0.6 is 27.3 Å². The quantitative estimate of drug-likeness (QED) is 0.293. The number of fused-ring (bicyclic) bond motifs is 2. The number of anilines is 1. The average Bonchev–Trinajstić information content (AvgIpc) is 3.48. The number of ether oxygens (including phenoxy) is 1. The van der Waals surface area contributed by atoms with E-state index in [1.165, 1.54) is 15.9 Å². The smallest absolute Gasteiger partial charge is 0.291 e. The molecule has 0 fully saturated rings. The van der Waals surface area contributed by atoms with Gasteiger partial charge in [-0.3, -0.25) is 9.59 Å². The summed E-state index contributed by atoms with van der Waals surface area (Å²) in [6, 6.07) is 13.3. The largest absolute Gasteiger partial charge is 0.494 e. The number of hydrogen-bond acceptors (Lipinski definition) is 6. The molecule has 180 valence electrons. The van der Waals surface area contributed by atoms with Crippen molar-refractivity contribution in [3.05, 3.63) is 67.4 Å². The number of amides is 1. The highest BCUT2D eigenvalue weighted by Gasteiger charge is 2.34. The van der Waals surface area contributed by atoms with Crippen molar-refractivity contribution in [2.24, 2.45) is 0 Å². The number of nitrogens with zero attached hydrogens (tertiary/aromatic N) is 4. The summed E-state index contributed by atoms with van der Waals surface area (Å²) in [6.45, 7) is 5.48. The van der Waals surface area contributed by atoms with Gasteiger partial charge in [0.05, 0.1) is 17.9 Å². The third kappa shape index (κ3) is 4.38. The van der Waals surface area contributed by atoms with E-state index in [0.717, 1.165) is 52.7 Å². The second-order valence-corrected chi connectivity index (χ2v) is 10.3. The molecule has 0 spiro atoms. The maximum atomic E-state index is 13.3. The van der Waals surface area contributed by atoms with Gasteiger partial charge in [-0.2, -0.15) is 9.50 Å². The first kappa shape index (κ1) is 23.7. The summed E-state index contributed by atoms with van der Waals surface area (Å²) < 4.78 is 8.29. The van der Waals surface area contributed by atoms with E-state index in [4.69, 9.17) is 4.74 Å². The van der Waals surface area contributed by atoms with E-state index in [2.05, 4.69) is 32.9 Å². The van der Waals surface area contributed by atoms with Crippen LogP contribution in [-0.2, 0) is 4.79 Å². The average molecular weight is 553 g/mol. The first-order valence-corrected chi connectivity index (χ1v) is 13.4. The lowest BCUT2D eigenvalue weighted by molar-refractivity contribution is -0.113. The number of unbranched alkanes of at least 4 members (excludes halogenated alkanes) is 2. The van der Waals surface area contributed by atoms with Crippen LogP contribution in [0.5, 0.6) is 5.75 Å². The molecule has 0 aliphatic carbocycles. The standard InChI is InChI=1S/C26H25BrN4O3S/c1-3-5-6-14-34-18-10-7-16(8-11-18)23-28-26-31(29-23)25(33)22(35-26)21-19-15-17(27)9-12-20(19)30(13-4-2)24(21)32/h7-12,15H,3-6,13-14H2,1-2H3. The molecule has 0 saturated carbocycles. The zero-order valence-corrected chi connectivity index (χ0v) is 22.0. The van der Waals surface area contributed by atoms with Gasteiger partial charge in [-0.15, -0.1) is 5.10 Å². The fourth-order valence-electron chi connectivity index (χ4n) is 4.22. The van der Waals surface area contributed by atoms with Crippen LogP contribution in [0.3, 0.4) is 0 Å². The minimum absolute atomic E-state index is 0.156. The number of carbonyl (C=O) groups excluding carboxylic acids is 1. The van der Waals surface area contributed by atoms with Crippen molar-refractivity contribution >= 4 is 49.4 Å². The summed E-state index contributed by atoms with van der Waals surface area (Å²) in [5.41, 5.74) is 2.48. The molecule has 1 aliphatic rings. The lowest BCUT2D eigenvalue weighted by Gasteiger charge is -2.15. The SMILES string of the molecule is CCCCCOc1ccc(-c2nc3sc(=C4C(=O)N(CCC)c5ccc(Br)cc54)c(=O)n3n2)cc1. The van der Waals surface area contributed by atoms with Crippen molar-refractivity contribution in [3.8, 4) is 17.1 Å². The Morgan fingerprint density at radius 3 is 2.54 bits per heavy atom. The van der Waals surface area contributed by atoms with Crippen LogP contribution < -0.4 is 19.7 Å². The molecule has 2 aromatic heterocycles. The Morgan fingerprint density at radius 2 is 1.83 bits per heavy atom. The van der Waals surface area contributed by atoms with E-state index < -0.39 is 0 Å². The summed E-state index contributed by atoms with van der Waals surface area (Å²) in [7, 11) is 0. The molecule has 7 nitrogen and oxygen atoms in total. The molecule has 1 amide bonds. The molecule has 0 saturated heterocycles. The predicted octanol–water partition coefficient (Wildman–Crippen LogP) is 4.82. The second-order valence-electron chi connectivity index (χ2n) is 8.44. The fourth-order valence-corrected chi connectivity index (χ4v) is 5.58. The van der Waals surface area contributed by atoms with Crippen molar-refractivity contribution in [1.29, 1.82) is 0 Å². The molecule has 0 atom stereocenters. The normalized spacial score (nSPS) is 14.7. The van der Waals surface area contributed by atoms with E-state index in [1.807, 2.05) is 49.4 Å². The van der Waals surface area contributed by atoms with Crippen LogP contribution in [0.1, 0.15) is 45.1 Å². The van der Waals surface area contributed by atoms with E-state index >= 15 is 0 Å². The van der Waals surface area contributed by atoms with Gasteiger partial charge < -0.3 is 9.64 Å². The van der Waals surface area contributed by atoms with Crippen LogP contribution in [0.15, 0.2) is 51.7 Å². The molecule has 0 bridgehead atoms. The van der Waals surface area contributed by atoms with Gasteiger partial charge in [-0.1, -0.05) is 54.0 Å². The summed E-state index contributed by atoms with van der Waals surface area (Å²) in [6.07, 6.45) is 4.16. The van der Waals surface area contributed by atoms with Gasteiger partial charge in [0, 0.05) is 22.1 Å². The lowest BCUT2D eigenvalue weighted by atomic mass is 10.1. The van der Waals surface area contributed by atoms with Crippen LogP contribution in [0, 0.1) is 0 Å². The maximum absolute atomic E-state index is 13.3. The maximum Gasteiger partial charge on any atom is 0.291 e. The van der Waals surface area contributed by atoms with E-state index in [-0.39, 0.29) is 11.5 Å². The number of halogens is 1. The fraction of sp³-hybridized carbons (Fsp3) is 0.308. The van der Waals surface area contributed by atoms with Crippen molar-refractivity contribution in [3.63, 3.8) is 0 Å². The van der Waals surface area contributed by atoms with Crippen LogP contribution in [0.2, 0.25) is 0 Å². The molecular weight excluding hydrogens is 528 g/mol. The van der Waals surface area contributed by atoms with Crippen LogP contribution in [0.4, 0.5) is 5.69 Å². The Hall–Kier alpha value is -3.04. The first-order chi connectivity index (χ1) is 17.0. The Morgan fingerprint density at radius 1 is 1.03 bits per heavy atom. The van der Waals surface area contributed by atoms with Gasteiger partial charge in [-0.25, -0.2) is 0 Å². The first-order valence-electron chi connectivity index (χ1n) is 11.8. The minimum atomic E-state index is -0.327. The molecule has 4 aromatic rings. The number of thiazole rings is 1. The van der Waals surface area contributed by atoms with Gasteiger partial charge in [0.15, 0.2) is 5.82 Å². The number of benzene rings is 2. The molecular formula is C26H25BrN4O3S. The van der Waals surface area contributed by atoms with Gasteiger partial charge in [0.1, 0.15) is 10.3 Å². The van der Waals surface area contributed by atoms with Gasteiger partial charge in [0.2, 0.25) is 4.96 Å². The highest BCUT2D eigenvalue weighted by atomic mass is 79.9. The Balaban J connectivity index is 1.51. The Labute approximate surface area is 215 Å². The monoisotopic (exact) mass is 552 g/mol. The van der Waals surface area contributed by atoms with Gasteiger partial charge in [0.25, 0.3) is 11.5 Å². The second kappa shape index (κ2) is 9.91. The third-order valence-electron chi connectivity index (χ3n) is 5.94. The number of rotatable bonds is 8. The zero-order chi connectivity index (χ0) is 24.5. The highest BCUT2D eigenvalue weighted by molar-refractivity contribution is 9.10. The lowest BCUT2D eigenvalue weighted by Crippen LogP contribution is -2.32. The molecule has 0 radical (unpaired) electrons. The number of hydrogen-bond donors (Lipinski definition) is 0. The van der Waals surface area contributed by atoms with Crippen molar-refractivity contribution in [2.75, 3.05) is 18.1 Å². The Kier molecular flexibility index (Phi) is 6.71. The van der Waals surface area contributed by atoms with Gasteiger partial charge >= 0.3 is 0 Å². The molecule has 3 heterocycles. The van der Waals surface area contributed by atoms with Crippen molar-refractivity contribution < 1.29 is 9.53 Å². The van der Waals surface area contributed by atoms with Crippen molar-refractivity contribution in [1.82, 2.24) is 14.6 Å². The summed E-state index contributed by atoms with van der Waals surface area (Å²) in [5, 5.41) is 4.46. The zero-order valence-electron chi connectivity index (χ0n) is 19.6. The Bertz CT molecular complexity index is 1510. The molecule has 0 N–H and O–H groups in total. The van der Waals surface area contributed by atoms with Crippen LogP contribution in [-0.4, -0.2) is 33.7 Å². The van der Waals surface area contributed by atoms with Crippen LogP contribution in [0.25, 0.3) is 21.9 Å². The molecule has 35 heavy (non-hydrogen) atoms. The topological polar surface area (TPSA) is 76.8 Å². The summed E-state index contributed by atoms with van der Waals surface area (Å²) in [5.74, 6) is 1.11. The summed E-state index contributed by atoms with van der Waals surface area (Å²) >= 11 is 4.70. The highest BCUT2D eigenvalue weighted by Crippen LogP contribution is 2.37. The van der Waals surface area contributed by atoms with Crippen molar-refractivity contribution in [2.45, 2.75) is 39.5 Å². The number of aromatic nitrogens is 3. The molecule has 5 rings (SSSR count). The third-order valence-corrected chi connectivity index (χ3v) is 7.46. The molecule has 9 heteroatoms. The van der Waals surface area contributed by atoms with E-state index in [9.17, 15) is 9.59 Å². The van der Waals surface area contributed by atoms with E-state index in [1.54, 1.807) is 4.90 Å². The molecule has 0 unspecified atom stereocenters. The number of carbonyl (C=O) groups is 1.